The van der Waals surface area contributed by atoms with Gasteiger partial charge in [-0.05, 0) is 35.4 Å². The Morgan fingerprint density at radius 2 is 1.88 bits per heavy atom. The maximum absolute atomic E-state index is 13.3. The molecule has 26 heavy (non-hydrogen) atoms. The third kappa shape index (κ3) is 3.67. The second-order valence-electron chi connectivity index (χ2n) is 6.06. The molecular weight excluding hydrogens is 339 g/mol. The number of halogens is 1. The molecule has 1 aliphatic rings. The van der Waals surface area contributed by atoms with Gasteiger partial charge in [0.25, 0.3) is 0 Å². The number of carboxylic acids is 1. The summed E-state index contributed by atoms with van der Waals surface area (Å²) in [5.74, 6) is -1.00. The summed E-state index contributed by atoms with van der Waals surface area (Å²) in [6, 6.07) is 11.0. The van der Waals surface area contributed by atoms with E-state index in [-0.39, 0.29) is 19.0 Å². The average molecular weight is 358 g/mol. The van der Waals surface area contributed by atoms with Crippen LogP contribution in [0.2, 0.25) is 0 Å². The van der Waals surface area contributed by atoms with Gasteiger partial charge in [-0.15, -0.1) is 0 Å². The number of carbonyl (C=O) groups is 2. The van der Waals surface area contributed by atoms with Gasteiger partial charge < -0.3 is 14.7 Å². The number of carbonyl (C=O) groups excluding carboxylic acids is 1. The van der Waals surface area contributed by atoms with Crippen molar-refractivity contribution >= 4 is 11.9 Å². The first-order chi connectivity index (χ1) is 12.5. The monoisotopic (exact) mass is 358 g/mol. The van der Waals surface area contributed by atoms with Gasteiger partial charge in [0.05, 0.1) is 19.7 Å². The second kappa shape index (κ2) is 7.53. The van der Waals surface area contributed by atoms with Crippen molar-refractivity contribution in [2.75, 3.05) is 13.7 Å². The molecule has 2 aromatic rings. The van der Waals surface area contributed by atoms with Crippen LogP contribution in [0.3, 0.4) is 0 Å². The summed E-state index contributed by atoms with van der Waals surface area (Å²) in [4.78, 5) is 25.7. The lowest BCUT2D eigenvalue weighted by Gasteiger charge is -2.40. The zero-order chi connectivity index (χ0) is 18.7. The molecule has 1 aliphatic heterocycles. The molecule has 1 heterocycles. The van der Waals surface area contributed by atoms with Gasteiger partial charge >= 0.3 is 5.97 Å². The van der Waals surface area contributed by atoms with E-state index in [0.717, 1.165) is 5.56 Å². The van der Waals surface area contributed by atoms with E-state index in [4.69, 9.17) is 4.74 Å². The Morgan fingerprint density at radius 3 is 2.46 bits per heavy atom. The molecule has 1 fully saturated rings. The molecule has 2 N–H and O–H groups in total. The number of rotatable bonds is 5. The zero-order valence-electron chi connectivity index (χ0n) is 14.2. The number of methoxy groups -OCH3 is 1. The van der Waals surface area contributed by atoms with Crippen molar-refractivity contribution < 1.29 is 23.8 Å². The third-order valence-electron chi connectivity index (χ3n) is 4.43. The van der Waals surface area contributed by atoms with Crippen LogP contribution in [0, 0.1) is 5.82 Å². The highest BCUT2D eigenvalue weighted by atomic mass is 19.1. The maximum Gasteiger partial charge on any atom is 0.323 e. The van der Waals surface area contributed by atoms with Gasteiger partial charge in [-0.3, -0.25) is 14.9 Å². The lowest BCUT2D eigenvalue weighted by Crippen LogP contribution is -2.58. The maximum atomic E-state index is 13.3. The van der Waals surface area contributed by atoms with E-state index >= 15 is 0 Å². The lowest BCUT2D eigenvalue weighted by molar-refractivity contribution is -0.148. The van der Waals surface area contributed by atoms with Crippen molar-refractivity contribution in [2.45, 2.75) is 18.6 Å². The minimum absolute atomic E-state index is 0.0647. The molecule has 0 bridgehead atoms. The predicted molar refractivity (Wildman–Crippen MR) is 92.1 cm³/mol. The number of benzene rings is 2. The minimum Gasteiger partial charge on any atom is -0.497 e. The Balaban J connectivity index is 1.95. The summed E-state index contributed by atoms with van der Waals surface area (Å²) in [5, 5.41) is 12.3. The highest BCUT2D eigenvalue weighted by Crippen LogP contribution is 2.30. The predicted octanol–water partition coefficient (Wildman–Crippen LogP) is 1.96. The quantitative estimate of drug-likeness (QED) is 0.854. The van der Waals surface area contributed by atoms with Crippen molar-refractivity contribution in [2.24, 2.45) is 0 Å². The van der Waals surface area contributed by atoms with Crippen LogP contribution in [0.5, 0.6) is 5.75 Å². The van der Waals surface area contributed by atoms with Crippen LogP contribution in [0.1, 0.15) is 17.2 Å². The van der Waals surface area contributed by atoms with Gasteiger partial charge in [-0.1, -0.05) is 24.3 Å². The summed E-state index contributed by atoms with van der Waals surface area (Å²) in [6.07, 6.45) is 0. The number of nitrogens with one attached hydrogen (secondary N) is 1. The van der Waals surface area contributed by atoms with E-state index < -0.39 is 23.9 Å². The number of amides is 1. The molecule has 0 saturated carbocycles. The molecule has 1 saturated heterocycles. The van der Waals surface area contributed by atoms with E-state index in [9.17, 15) is 19.1 Å². The molecule has 7 heteroatoms. The number of nitrogens with zero attached hydrogens (tertiary/aromatic N) is 1. The molecule has 6 nitrogen and oxygen atoms in total. The molecule has 0 spiro atoms. The molecular formula is C19H19FN2O4. The van der Waals surface area contributed by atoms with Gasteiger partial charge in [-0.25, -0.2) is 4.39 Å². The van der Waals surface area contributed by atoms with Gasteiger partial charge in [0, 0.05) is 6.54 Å². The number of piperazine rings is 1. The van der Waals surface area contributed by atoms with Crippen LogP contribution in [0.25, 0.3) is 0 Å². The van der Waals surface area contributed by atoms with E-state index in [0.29, 0.717) is 11.3 Å². The minimum atomic E-state index is -1.06. The number of carboxylic acid groups (broad SMARTS) is 1. The van der Waals surface area contributed by atoms with Gasteiger partial charge in [0.2, 0.25) is 5.91 Å². The Kier molecular flexibility index (Phi) is 5.18. The second-order valence-corrected chi connectivity index (χ2v) is 6.06. The van der Waals surface area contributed by atoms with E-state index in [2.05, 4.69) is 5.32 Å². The largest absolute Gasteiger partial charge is 0.497 e. The van der Waals surface area contributed by atoms with Gasteiger partial charge in [0.15, 0.2) is 0 Å². The summed E-state index contributed by atoms with van der Waals surface area (Å²) >= 11 is 0. The van der Waals surface area contributed by atoms with Crippen molar-refractivity contribution in [3.8, 4) is 5.75 Å². The van der Waals surface area contributed by atoms with Crippen molar-refractivity contribution in [3.05, 3.63) is 65.5 Å². The highest BCUT2D eigenvalue weighted by Gasteiger charge is 2.40. The number of ether oxygens (including phenoxy) is 1. The van der Waals surface area contributed by atoms with Crippen LogP contribution >= 0.6 is 0 Å². The molecule has 3 rings (SSSR count). The molecule has 2 atom stereocenters. The first-order valence-corrected chi connectivity index (χ1v) is 8.13. The van der Waals surface area contributed by atoms with E-state index in [1.165, 1.54) is 29.2 Å². The number of hydrogen-bond donors (Lipinski definition) is 2. The van der Waals surface area contributed by atoms with Crippen LogP contribution in [-0.4, -0.2) is 41.6 Å². The molecule has 0 radical (unpaired) electrons. The number of aliphatic carboxylic acids is 1. The van der Waals surface area contributed by atoms with Crippen LogP contribution < -0.4 is 10.1 Å². The highest BCUT2D eigenvalue weighted by molar-refractivity contribution is 5.84. The third-order valence-corrected chi connectivity index (χ3v) is 4.43. The van der Waals surface area contributed by atoms with Crippen molar-refractivity contribution in [3.63, 3.8) is 0 Å². The van der Waals surface area contributed by atoms with E-state index in [1.54, 1.807) is 19.2 Å². The molecule has 0 aromatic heterocycles. The Labute approximate surface area is 150 Å². The fourth-order valence-corrected chi connectivity index (χ4v) is 3.11. The van der Waals surface area contributed by atoms with Crippen molar-refractivity contribution in [1.29, 1.82) is 0 Å². The molecule has 2 unspecified atom stereocenters. The SMILES string of the molecule is COc1ccc(CN2C(=O)CNC(C(=O)O)C2c2ccc(F)cc2)cc1. The summed E-state index contributed by atoms with van der Waals surface area (Å²) < 4.78 is 18.4. The molecule has 136 valence electrons. The van der Waals surface area contributed by atoms with Crippen LogP contribution in [0.15, 0.2) is 48.5 Å². The summed E-state index contributed by atoms with van der Waals surface area (Å²) in [7, 11) is 1.57. The fraction of sp³-hybridized carbons (Fsp3) is 0.263. The first kappa shape index (κ1) is 17.9. The Bertz CT molecular complexity index is 792. The fourth-order valence-electron chi connectivity index (χ4n) is 3.11. The van der Waals surface area contributed by atoms with Crippen LogP contribution in [0.4, 0.5) is 4.39 Å². The normalized spacial score (nSPS) is 20.1. The Hall–Kier alpha value is -2.93. The lowest BCUT2D eigenvalue weighted by atomic mass is 9.94. The van der Waals surface area contributed by atoms with Crippen LogP contribution in [-0.2, 0) is 16.1 Å². The molecule has 1 amide bonds. The first-order valence-electron chi connectivity index (χ1n) is 8.13. The van der Waals surface area contributed by atoms with Gasteiger partial charge in [0.1, 0.15) is 17.6 Å². The summed E-state index contributed by atoms with van der Waals surface area (Å²) in [5.41, 5.74) is 1.41. The van der Waals surface area contributed by atoms with E-state index in [1.807, 2.05) is 12.1 Å². The van der Waals surface area contributed by atoms with Crippen molar-refractivity contribution in [1.82, 2.24) is 10.2 Å². The molecule has 0 aliphatic carbocycles. The zero-order valence-corrected chi connectivity index (χ0v) is 14.2. The Morgan fingerprint density at radius 1 is 1.23 bits per heavy atom. The molecule has 2 aromatic carbocycles. The summed E-state index contributed by atoms with van der Waals surface area (Å²) in [6.45, 7) is 0.182. The number of hydrogen-bond acceptors (Lipinski definition) is 4. The van der Waals surface area contributed by atoms with Gasteiger partial charge in [-0.2, -0.15) is 0 Å². The topological polar surface area (TPSA) is 78.9 Å². The average Bonchev–Trinajstić information content (AvgIpc) is 2.64. The standard InChI is InChI=1S/C19H19FN2O4/c1-26-15-8-2-12(3-9-15)11-22-16(23)10-21-17(19(24)25)18(22)13-4-6-14(20)7-5-13/h2-9,17-18,21H,10-11H2,1H3,(H,24,25). The smallest absolute Gasteiger partial charge is 0.323 e.